The summed E-state index contributed by atoms with van der Waals surface area (Å²) in [6, 6.07) is 0. The highest BCUT2D eigenvalue weighted by Crippen LogP contribution is 1.89. The van der Waals surface area contributed by atoms with Crippen LogP contribution in [0, 0.1) is 0 Å². The van der Waals surface area contributed by atoms with Gasteiger partial charge in [0.1, 0.15) is 0 Å². The van der Waals surface area contributed by atoms with Crippen LogP contribution in [0.2, 0.25) is 0 Å². The molecule has 2 atom stereocenters. The van der Waals surface area contributed by atoms with Crippen LogP contribution in [0.15, 0.2) is 12.7 Å². The lowest BCUT2D eigenvalue weighted by molar-refractivity contribution is 0.0621. The molecule has 0 saturated carbocycles. The van der Waals surface area contributed by atoms with Crippen molar-refractivity contribution in [3.05, 3.63) is 12.7 Å². The fourth-order valence-electron chi connectivity index (χ4n) is 0.197. The van der Waals surface area contributed by atoms with E-state index in [4.69, 9.17) is 10.2 Å². The molecule has 0 aliphatic heterocycles. The summed E-state index contributed by atoms with van der Waals surface area (Å²) in [6.07, 6.45) is -0.178. The molecule has 0 spiro atoms. The summed E-state index contributed by atoms with van der Waals surface area (Å²) >= 11 is 0. The van der Waals surface area contributed by atoms with Crippen molar-refractivity contribution in [1.82, 2.24) is 0 Å². The number of hydrogen-bond acceptors (Lipinski definition) is 2. The van der Waals surface area contributed by atoms with Crippen LogP contribution in [-0.4, -0.2) is 22.4 Å². The summed E-state index contributed by atoms with van der Waals surface area (Å²) in [4.78, 5) is 0. The molecule has 0 radical (unpaired) electrons. The van der Waals surface area contributed by atoms with Crippen LogP contribution in [0.3, 0.4) is 0 Å². The maximum Gasteiger partial charge on any atom is 0.0974 e. The van der Waals surface area contributed by atoms with Crippen molar-refractivity contribution < 1.29 is 10.2 Å². The van der Waals surface area contributed by atoms with E-state index in [-0.39, 0.29) is 0 Å². The smallest absolute Gasteiger partial charge is 0.0974 e. The standard InChI is InChI=1S/C5H10O2/c1-3-5(7)4(2)6/h3-7H,1H2,2H3/t4?,5-/m1/s1. The predicted molar refractivity (Wildman–Crippen MR) is 27.9 cm³/mol. The summed E-state index contributed by atoms with van der Waals surface area (Å²) in [5, 5.41) is 17.1. The molecule has 0 rings (SSSR count). The Bertz CT molecular complexity index is 59.1. The van der Waals surface area contributed by atoms with Crippen LogP contribution in [0.4, 0.5) is 0 Å². The molecule has 0 bridgehead atoms. The van der Waals surface area contributed by atoms with E-state index in [1.54, 1.807) is 0 Å². The Kier molecular flexibility index (Phi) is 2.64. The quantitative estimate of drug-likeness (QED) is 0.478. The van der Waals surface area contributed by atoms with E-state index >= 15 is 0 Å². The fraction of sp³-hybridized carbons (Fsp3) is 0.600. The van der Waals surface area contributed by atoms with Gasteiger partial charge >= 0.3 is 0 Å². The van der Waals surface area contributed by atoms with E-state index in [9.17, 15) is 0 Å². The van der Waals surface area contributed by atoms with Gasteiger partial charge in [0.25, 0.3) is 0 Å². The van der Waals surface area contributed by atoms with E-state index in [2.05, 4.69) is 6.58 Å². The van der Waals surface area contributed by atoms with Gasteiger partial charge in [0, 0.05) is 0 Å². The summed E-state index contributed by atoms with van der Waals surface area (Å²) in [5.41, 5.74) is 0. The molecule has 42 valence electrons. The van der Waals surface area contributed by atoms with E-state index < -0.39 is 12.2 Å². The average molecular weight is 102 g/mol. The molecule has 0 aromatic rings. The normalized spacial score (nSPS) is 18.1. The van der Waals surface area contributed by atoms with Crippen molar-refractivity contribution in [1.29, 1.82) is 0 Å². The van der Waals surface area contributed by atoms with Gasteiger partial charge in [-0.1, -0.05) is 6.08 Å². The van der Waals surface area contributed by atoms with E-state index in [1.165, 1.54) is 13.0 Å². The van der Waals surface area contributed by atoms with Gasteiger partial charge in [-0.2, -0.15) is 0 Å². The van der Waals surface area contributed by atoms with Crippen LogP contribution in [0.1, 0.15) is 6.92 Å². The summed E-state index contributed by atoms with van der Waals surface area (Å²) in [6.45, 7) is 4.78. The van der Waals surface area contributed by atoms with Crippen LogP contribution in [0.5, 0.6) is 0 Å². The van der Waals surface area contributed by atoms with Crippen LogP contribution >= 0.6 is 0 Å². The van der Waals surface area contributed by atoms with Gasteiger partial charge in [0.2, 0.25) is 0 Å². The van der Waals surface area contributed by atoms with Gasteiger partial charge in [0.15, 0.2) is 0 Å². The van der Waals surface area contributed by atoms with Crippen molar-refractivity contribution in [3.8, 4) is 0 Å². The lowest BCUT2D eigenvalue weighted by atomic mass is 10.2. The largest absolute Gasteiger partial charge is 0.390 e. The summed E-state index contributed by atoms with van der Waals surface area (Å²) < 4.78 is 0. The second kappa shape index (κ2) is 2.77. The zero-order valence-electron chi connectivity index (χ0n) is 4.33. The molecule has 2 N–H and O–H groups in total. The second-order valence-corrected chi connectivity index (χ2v) is 1.47. The molecule has 0 aliphatic rings. The molecule has 0 amide bonds. The molecular weight excluding hydrogens is 92.1 g/mol. The highest BCUT2D eigenvalue weighted by atomic mass is 16.3. The minimum absolute atomic E-state index is 0.697. The molecular formula is C5H10O2. The van der Waals surface area contributed by atoms with Gasteiger partial charge in [-0.05, 0) is 6.92 Å². The SMILES string of the molecule is C=C[C@@H](O)C(C)O. The highest BCUT2D eigenvalue weighted by molar-refractivity contribution is 4.81. The number of rotatable bonds is 2. The zero-order valence-corrected chi connectivity index (χ0v) is 4.33. The first kappa shape index (κ1) is 6.66. The predicted octanol–water partition coefficient (Wildman–Crippen LogP) is -0.0859. The Morgan fingerprint density at radius 3 is 2.00 bits per heavy atom. The van der Waals surface area contributed by atoms with E-state index in [0.717, 1.165) is 0 Å². The zero-order chi connectivity index (χ0) is 5.86. The van der Waals surface area contributed by atoms with Crippen molar-refractivity contribution in [2.75, 3.05) is 0 Å². The van der Waals surface area contributed by atoms with Gasteiger partial charge in [-0.15, -0.1) is 6.58 Å². The maximum atomic E-state index is 8.57. The molecule has 2 heteroatoms. The third kappa shape index (κ3) is 2.37. The lowest BCUT2D eigenvalue weighted by Gasteiger charge is -2.05. The topological polar surface area (TPSA) is 40.5 Å². The third-order valence-electron chi connectivity index (χ3n) is 0.736. The monoisotopic (exact) mass is 102 g/mol. The maximum absolute atomic E-state index is 8.57. The lowest BCUT2D eigenvalue weighted by Crippen LogP contribution is -2.18. The number of hydrogen-bond donors (Lipinski definition) is 2. The molecule has 0 aromatic carbocycles. The summed E-state index contributed by atoms with van der Waals surface area (Å²) in [5.74, 6) is 0. The number of aliphatic hydroxyl groups excluding tert-OH is 2. The minimum Gasteiger partial charge on any atom is -0.390 e. The van der Waals surface area contributed by atoms with Crippen molar-refractivity contribution >= 4 is 0 Å². The molecule has 7 heavy (non-hydrogen) atoms. The molecule has 0 heterocycles. The molecule has 0 aliphatic carbocycles. The van der Waals surface area contributed by atoms with Crippen molar-refractivity contribution in [2.24, 2.45) is 0 Å². The first-order valence-electron chi connectivity index (χ1n) is 2.17. The van der Waals surface area contributed by atoms with Gasteiger partial charge in [0.05, 0.1) is 12.2 Å². The molecule has 0 fully saturated rings. The van der Waals surface area contributed by atoms with Crippen LogP contribution < -0.4 is 0 Å². The van der Waals surface area contributed by atoms with Crippen molar-refractivity contribution in [2.45, 2.75) is 19.1 Å². The van der Waals surface area contributed by atoms with Crippen LogP contribution in [-0.2, 0) is 0 Å². The van der Waals surface area contributed by atoms with Gasteiger partial charge in [-0.25, -0.2) is 0 Å². The highest BCUT2D eigenvalue weighted by Gasteiger charge is 2.02. The Balaban J connectivity index is 3.33. The van der Waals surface area contributed by atoms with E-state index in [1.807, 2.05) is 0 Å². The Morgan fingerprint density at radius 2 is 2.00 bits per heavy atom. The van der Waals surface area contributed by atoms with E-state index in [0.29, 0.717) is 0 Å². The summed E-state index contributed by atoms with van der Waals surface area (Å²) in [7, 11) is 0. The number of aliphatic hydroxyl groups is 2. The molecule has 2 nitrogen and oxygen atoms in total. The Labute approximate surface area is 43.1 Å². The molecule has 1 unspecified atom stereocenters. The van der Waals surface area contributed by atoms with Gasteiger partial charge < -0.3 is 10.2 Å². The molecule has 0 saturated heterocycles. The van der Waals surface area contributed by atoms with Gasteiger partial charge in [-0.3, -0.25) is 0 Å². The third-order valence-corrected chi connectivity index (χ3v) is 0.736. The van der Waals surface area contributed by atoms with Crippen molar-refractivity contribution in [3.63, 3.8) is 0 Å². The first-order valence-corrected chi connectivity index (χ1v) is 2.17. The first-order chi connectivity index (χ1) is 3.18. The Morgan fingerprint density at radius 1 is 1.57 bits per heavy atom. The fourth-order valence-corrected chi connectivity index (χ4v) is 0.197. The Hall–Kier alpha value is -0.340. The minimum atomic E-state index is -0.778. The van der Waals surface area contributed by atoms with Crippen LogP contribution in [0.25, 0.3) is 0 Å². The second-order valence-electron chi connectivity index (χ2n) is 1.47. The average Bonchev–Trinajstić information content (AvgIpc) is 1.65. The molecule has 0 aromatic heterocycles.